The molecule has 0 radical (unpaired) electrons. The van der Waals surface area contributed by atoms with Crippen LogP contribution in [0, 0.1) is 0 Å². The van der Waals surface area contributed by atoms with Crippen LogP contribution in [0.4, 0.5) is 17.6 Å². The van der Waals surface area contributed by atoms with Gasteiger partial charge in [-0.25, -0.2) is 23.4 Å². The molecule has 2 aliphatic rings. The Morgan fingerprint density at radius 3 is 2.91 bits per heavy atom. The number of rotatable bonds is 6. The minimum absolute atomic E-state index is 0.0240. The van der Waals surface area contributed by atoms with Crippen molar-refractivity contribution in [3.05, 3.63) is 33.9 Å². The molecule has 4 rings (SSSR count). The molecule has 2 aromatic heterocycles. The van der Waals surface area contributed by atoms with E-state index in [1.54, 1.807) is 18.3 Å². The third kappa shape index (κ3) is 4.39. The Bertz CT molecular complexity index is 1020. The second kappa shape index (κ2) is 8.83. The molecule has 0 aromatic carbocycles. The predicted octanol–water partition coefficient (Wildman–Crippen LogP) is 3.82. The van der Waals surface area contributed by atoms with Crippen LogP contribution >= 0.6 is 11.3 Å². The van der Waals surface area contributed by atoms with E-state index in [0.29, 0.717) is 35.4 Å². The van der Waals surface area contributed by atoms with Crippen molar-refractivity contribution in [3.8, 4) is 11.1 Å². The van der Waals surface area contributed by atoms with E-state index in [9.17, 15) is 22.4 Å². The zero-order chi connectivity index (χ0) is 23.0. The standard InChI is InChI=1S/C20H23F4N5O2S/c1-2-15-11(12-9-26-29-10-28(31-19(21)22)7-5-14(12)29)8-16(32-15)18(30)27-17-13(25)4-3-6-20(17,23)24/h5,7-9,13,17,19H,2-4,6,10,25H2,1H3,(H,27,30). The maximum atomic E-state index is 14.3. The van der Waals surface area contributed by atoms with Gasteiger partial charge in [-0.05, 0) is 31.4 Å². The molecular formula is C20H23F4N5O2S. The quantitative estimate of drug-likeness (QED) is 0.624. The number of aryl methyl sites for hydroxylation is 1. The van der Waals surface area contributed by atoms with Gasteiger partial charge < -0.3 is 11.1 Å². The average Bonchev–Trinajstić information content (AvgIpc) is 3.33. The molecule has 174 valence electrons. The van der Waals surface area contributed by atoms with E-state index >= 15 is 0 Å². The van der Waals surface area contributed by atoms with Crippen LogP contribution in [0.15, 0.2) is 18.5 Å². The Kier molecular flexibility index (Phi) is 6.28. The highest BCUT2D eigenvalue weighted by Gasteiger charge is 2.46. The number of amides is 1. The number of hydrogen-bond donors (Lipinski definition) is 2. The van der Waals surface area contributed by atoms with Crippen LogP contribution < -0.4 is 11.1 Å². The van der Waals surface area contributed by atoms with Crippen LogP contribution in [0.2, 0.25) is 0 Å². The van der Waals surface area contributed by atoms with Gasteiger partial charge >= 0.3 is 6.61 Å². The minimum Gasteiger partial charge on any atom is -0.341 e. The van der Waals surface area contributed by atoms with Gasteiger partial charge in [0, 0.05) is 34.7 Å². The number of hydrogen-bond acceptors (Lipinski definition) is 6. The molecular weight excluding hydrogens is 450 g/mol. The van der Waals surface area contributed by atoms with Gasteiger partial charge in [-0.2, -0.15) is 13.9 Å². The number of hydroxylamine groups is 2. The summed E-state index contributed by atoms with van der Waals surface area (Å²) in [4.78, 5) is 18.4. The molecule has 32 heavy (non-hydrogen) atoms. The van der Waals surface area contributed by atoms with Crippen molar-refractivity contribution in [1.82, 2.24) is 20.2 Å². The van der Waals surface area contributed by atoms with Crippen molar-refractivity contribution in [3.63, 3.8) is 0 Å². The van der Waals surface area contributed by atoms with E-state index in [2.05, 4.69) is 15.3 Å². The van der Waals surface area contributed by atoms with Crippen LogP contribution in [-0.4, -0.2) is 45.4 Å². The molecule has 7 nitrogen and oxygen atoms in total. The fourth-order valence-electron chi connectivity index (χ4n) is 4.06. The Hall–Kier alpha value is -2.44. The van der Waals surface area contributed by atoms with E-state index in [1.807, 2.05) is 6.92 Å². The second-order valence-corrected chi connectivity index (χ2v) is 8.89. The van der Waals surface area contributed by atoms with Crippen LogP contribution in [-0.2, 0) is 17.9 Å². The van der Waals surface area contributed by atoms with Crippen molar-refractivity contribution >= 4 is 23.3 Å². The predicted molar refractivity (Wildman–Crippen MR) is 111 cm³/mol. The lowest BCUT2D eigenvalue weighted by Crippen LogP contribution is -2.59. The number of alkyl halides is 4. The SMILES string of the molecule is CCc1sc(C(=O)NC2C(N)CCCC2(F)F)cc1-c1cnn2c1C=CN(OC(F)F)C2. The summed E-state index contributed by atoms with van der Waals surface area (Å²) in [7, 11) is 0. The molecule has 3 N–H and O–H groups in total. The summed E-state index contributed by atoms with van der Waals surface area (Å²) in [6.07, 6.45) is 5.61. The van der Waals surface area contributed by atoms with E-state index in [4.69, 9.17) is 5.73 Å². The van der Waals surface area contributed by atoms with Gasteiger partial charge in [-0.1, -0.05) is 6.92 Å². The van der Waals surface area contributed by atoms with Crippen molar-refractivity contribution in [1.29, 1.82) is 0 Å². The lowest BCUT2D eigenvalue weighted by molar-refractivity contribution is -0.273. The Morgan fingerprint density at radius 1 is 1.44 bits per heavy atom. The third-order valence-electron chi connectivity index (χ3n) is 5.63. The maximum absolute atomic E-state index is 14.3. The number of nitrogens with one attached hydrogen (secondary N) is 1. The number of carbonyl (C=O) groups excluding carboxylic acids is 1. The summed E-state index contributed by atoms with van der Waals surface area (Å²) < 4.78 is 55.0. The normalized spacial score (nSPS) is 22.3. The first kappa shape index (κ1) is 22.7. The van der Waals surface area contributed by atoms with Gasteiger partial charge in [0.05, 0.1) is 16.8 Å². The molecule has 0 spiro atoms. The van der Waals surface area contributed by atoms with Crippen molar-refractivity contribution < 1.29 is 27.2 Å². The van der Waals surface area contributed by atoms with Crippen LogP contribution in [0.25, 0.3) is 17.2 Å². The first-order valence-corrected chi connectivity index (χ1v) is 11.0. The van der Waals surface area contributed by atoms with E-state index in [0.717, 1.165) is 15.5 Å². The van der Waals surface area contributed by atoms with Crippen LogP contribution in [0.3, 0.4) is 0 Å². The average molecular weight is 473 g/mol. The Morgan fingerprint density at radius 2 is 2.22 bits per heavy atom. The molecule has 1 aliphatic heterocycles. The highest BCUT2D eigenvalue weighted by atomic mass is 32.1. The van der Waals surface area contributed by atoms with E-state index in [1.165, 1.54) is 22.2 Å². The summed E-state index contributed by atoms with van der Waals surface area (Å²) in [5.41, 5.74) is 7.99. The molecule has 1 saturated carbocycles. The fraction of sp³-hybridized carbons (Fsp3) is 0.500. The van der Waals surface area contributed by atoms with Gasteiger partial charge in [0.25, 0.3) is 11.8 Å². The van der Waals surface area contributed by atoms with Gasteiger partial charge in [0.15, 0.2) is 0 Å². The highest BCUT2D eigenvalue weighted by molar-refractivity contribution is 7.14. The fourth-order valence-corrected chi connectivity index (χ4v) is 5.08. The summed E-state index contributed by atoms with van der Waals surface area (Å²) in [5, 5.41) is 7.64. The summed E-state index contributed by atoms with van der Waals surface area (Å²) >= 11 is 1.22. The summed E-state index contributed by atoms with van der Waals surface area (Å²) in [6.45, 7) is -1.05. The molecule has 2 unspecified atom stereocenters. The number of carbonyl (C=O) groups is 1. The second-order valence-electron chi connectivity index (χ2n) is 7.75. The smallest absolute Gasteiger partial charge is 0.341 e. The summed E-state index contributed by atoms with van der Waals surface area (Å²) in [6, 6.07) is -0.565. The van der Waals surface area contributed by atoms with Gasteiger partial charge in [-0.15, -0.1) is 11.3 Å². The molecule has 3 heterocycles. The highest BCUT2D eigenvalue weighted by Crippen LogP contribution is 2.37. The van der Waals surface area contributed by atoms with Gasteiger partial charge in [-0.3, -0.25) is 4.79 Å². The topological polar surface area (TPSA) is 85.4 Å². The number of nitrogens with zero attached hydrogens (tertiary/aromatic N) is 3. The van der Waals surface area contributed by atoms with Crippen LogP contribution in [0.5, 0.6) is 0 Å². The van der Waals surface area contributed by atoms with Crippen molar-refractivity contribution in [2.45, 2.75) is 63.9 Å². The lowest BCUT2D eigenvalue weighted by Gasteiger charge is -2.36. The first-order valence-electron chi connectivity index (χ1n) is 10.2. The molecule has 2 aromatic rings. The number of aromatic nitrogens is 2. The molecule has 12 heteroatoms. The molecule has 0 bridgehead atoms. The van der Waals surface area contributed by atoms with Crippen LogP contribution in [0.1, 0.15) is 46.4 Å². The largest absolute Gasteiger partial charge is 0.365 e. The van der Waals surface area contributed by atoms with E-state index in [-0.39, 0.29) is 13.1 Å². The number of thiophene rings is 1. The summed E-state index contributed by atoms with van der Waals surface area (Å²) in [5.74, 6) is -3.64. The number of halogens is 4. The molecule has 0 saturated heterocycles. The van der Waals surface area contributed by atoms with Gasteiger partial charge in [0.1, 0.15) is 12.7 Å². The molecule has 2 atom stereocenters. The van der Waals surface area contributed by atoms with Gasteiger partial charge in [0.2, 0.25) is 0 Å². The van der Waals surface area contributed by atoms with E-state index < -0.39 is 30.5 Å². The zero-order valence-corrected chi connectivity index (χ0v) is 18.0. The molecule has 1 aliphatic carbocycles. The molecule has 1 amide bonds. The molecule has 1 fully saturated rings. The Balaban J connectivity index is 1.58. The lowest BCUT2D eigenvalue weighted by atomic mass is 9.87. The Labute approximate surface area is 185 Å². The third-order valence-corrected chi connectivity index (χ3v) is 6.91. The maximum Gasteiger partial charge on any atom is 0.365 e. The van der Waals surface area contributed by atoms with Crippen molar-refractivity contribution in [2.24, 2.45) is 5.73 Å². The first-order chi connectivity index (χ1) is 15.2. The van der Waals surface area contributed by atoms with Crippen molar-refractivity contribution in [2.75, 3.05) is 0 Å². The monoisotopic (exact) mass is 473 g/mol. The minimum atomic E-state index is -3.05. The number of fused-ring (bicyclic) bond motifs is 1. The number of nitrogens with two attached hydrogens (primary N) is 1. The zero-order valence-electron chi connectivity index (χ0n) is 17.2.